The summed E-state index contributed by atoms with van der Waals surface area (Å²) in [7, 11) is 1.61. The molecule has 0 fully saturated rings. The van der Waals surface area contributed by atoms with Crippen LogP contribution >= 0.6 is 0 Å². The smallest absolute Gasteiger partial charge is 0.319 e. The summed E-state index contributed by atoms with van der Waals surface area (Å²) in [6, 6.07) is 7.28. The molecule has 5 heteroatoms. The number of hydrogen-bond donors (Lipinski definition) is 0. The maximum atomic E-state index is 12.1. The zero-order chi connectivity index (χ0) is 15.9. The Balaban J connectivity index is 2.63. The zero-order valence-corrected chi connectivity index (χ0v) is 13.0. The van der Waals surface area contributed by atoms with Crippen LogP contribution in [0.15, 0.2) is 24.3 Å². The molecule has 0 atom stereocenters. The second-order valence-electron chi connectivity index (χ2n) is 5.14. The van der Waals surface area contributed by atoms with Crippen LogP contribution in [0.3, 0.4) is 0 Å². The molecule has 0 bridgehead atoms. The van der Waals surface area contributed by atoms with Crippen molar-refractivity contribution in [1.29, 1.82) is 0 Å². The molecular formula is C16H22O5. The molecule has 0 aromatic heterocycles. The minimum absolute atomic E-state index is 0.178. The Hall–Kier alpha value is -1.88. The predicted molar refractivity (Wildman–Crippen MR) is 78.1 cm³/mol. The highest BCUT2D eigenvalue weighted by Crippen LogP contribution is 2.20. The molecule has 0 unspecified atom stereocenters. The minimum atomic E-state index is -1.21. The van der Waals surface area contributed by atoms with Gasteiger partial charge in [-0.2, -0.15) is 0 Å². The number of carbonyl (C=O) groups is 2. The number of methoxy groups -OCH3 is 1. The van der Waals surface area contributed by atoms with Gasteiger partial charge in [-0.15, -0.1) is 0 Å². The Labute approximate surface area is 125 Å². The molecule has 1 rings (SSSR count). The standard InChI is InChI=1S/C16H22O5/c1-5-20-15(18)16(2,3)14(17)11-21-13-8-6-7-12(9-13)10-19-4/h6-9H,5,10-11H2,1-4H3. The van der Waals surface area contributed by atoms with Gasteiger partial charge >= 0.3 is 5.97 Å². The van der Waals surface area contributed by atoms with Crippen molar-refractivity contribution in [2.24, 2.45) is 5.41 Å². The fourth-order valence-corrected chi connectivity index (χ4v) is 1.65. The number of Topliss-reactive ketones (excluding diaryl/α,β-unsaturated/α-hetero) is 1. The highest BCUT2D eigenvalue weighted by molar-refractivity contribution is 6.03. The van der Waals surface area contributed by atoms with Crippen LogP contribution < -0.4 is 4.74 Å². The van der Waals surface area contributed by atoms with Gasteiger partial charge in [0.05, 0.1) is 13.2 Å². The average molecular weight is 294 g/mol. The van der Waals surface area contributed by atoms with Crippen molar-refractivity contribution in [1.82, 2.24) is 0 Å². The van der Waals surface area contributed by atoms with Gasteiger partial charge in [-0.25, -0.2) is 0 Å². The Morgan fingerprint density at radius 1 is 1.24 bits per heavy atom. The van der Waals surface area contributed by atoms with Crippen LogP contribution in [0.5, 0.6) is 5.75 Å². The fourth-order valence-electron chi connectivity index (χ4n) is 1.65. The van der Waals surface area contributed by atoms with Crippen LogP contribution in [0.25, 0.3) is 0 Å². The van der Waals surface area contributed by atoms with Crippen molar-refractivity contribution >= 4 is 11.8 Å². The maximum Gasteiger partial charge on any atom is 0.319 e. The van der Waals surface area contributed by atoms with E-state index in [2.05, 4.69) is 0 Å². The second-order valence-corrected chi connectivity index (χ2v) is 5.14. The van der Waals surface area contributed by atoms with E-state index in [0.717, 1.165) is 5.56 Å². The molecule has 116 valence electrons. The van der Waals surface area contributed by atoms with Crippen LogP contribution in [-0.2, 0) is 25.7 Å². The first-order chi connectivity index (χ1) is 9.91. The third-order valence-electron chi connectivity index (χ3n) is 3.06. The van der Waals surface area contributed by atoms with E-state index in [0.29, 0.717) is 12.4 Å². The van der Waals surface area contributed by atoms with E-state index in [1.807, 2.05) is 12.1 Å². The van der Waals surface area contributed by atoms with Crippen LogP contribution in [0.1, 0.15) is 26.3 Å². The zero-order valence-electron chi connectivity index (χ0n) is 13.0. The van der Waals surface area contributed by atoms with Gasteiger partial charge in [-0.05, 0) is 38.5 Å². The van der Waals surface area contributed by atoms with Crippen molar-refractivity contribution in [3.8, 4) is 5.75 Å². The third kappa shape index (κ3) is 4.86. The lowest BCUT2D eigenvalue weighted by atomic mass is 9.88. The molecule has 0 saturated carbocycles. The summed E-state index contributed by atoms with van der Waals surface area (Å²) >= 11 is 0. The first-order valence-corrected chi connectivity index (χ1v) is 6.83. The number of ether oxygens (including phenoxy) is 3. The topological polar surface area (TPSA) is 61.8 Å². The van der Waals surface area contributed by atoms with Gasteiger partial charge in [0.25, 0.3) is 0 Å². The summed E-state index contributed by atoms with van der Waals surface area (Å²) in [5.74, 6) is -0.289. The SMILES string of the molecule is CCOC(=O)C(C)(C)C(=O)COc1cccc(COC)c1. The van der Waals surface area contributed by atoms with E-state index >= 15 is 0 Å². The predicted octanol–water partition coefficient (Wildman–Crippen LogP) is 2.37. The number of ketones is 1. The molecule has 0 heterocycles. The number of esters is 1. The molecule has 0 aliphatic carbocycles. The summed E-state index contributed by atoms with van der Waals surface area (Å²) < 4.78 is 15.4. The van der Waals surface area contributed by atoms with Crippen molar-refractivity contribution in [3.63, 3.8) is 0 Å². The lowest BCUT2D eigenvalue weighted by Gasteiger charge is -2.20. The summed E-state index contributed by atoms with van der Waals surface area (Å²) in [6.07, 6.45) is 0. The monoisotopic (exact) mass is 294 g/mol. The molecule has 0 spiro atoms. The number of rotatable bonds is 8. The first kappa shape index (κ1) is 17.2. The van der Waals surface area contributed by atoms with Gasteiger partial charge in [0.2, 0.25) is 0 Å². The van der Waals surface area contributed by atoms with Gasteiger partial charge in [0.1, 0.15) is 17.8 Å². The van der Waals surface area contributed by atoms with E-state index in [1.165, 1.54) is 13.8 Å². The van der Waals surface area contributed by atoms with Crippen LogP contribution in [0.2, 0.25) is 0 Å². The molecule has 1 aromatic rings. The van der Waals surface area contributed by atoms with Crippen LogP contribution in [-0.4, -0.2) is 32.1 Å². The van der Waals surface area contributed by atoms with E-state index in [-0.39, 0.29) is 19.0 Å². The Morgan fingerprint density at radius 3 is 2.57 bits per heavy atom. The highest BCUT2D eigenvalue weighted by Gasteiger charge is 2.37. The molecule has 0 saturated heterocycles. The average Bonchev–Trinajstić information content (AvgIpc) is 2.45. The lowest BCUT2D eigenvalue weighted by molar-refractivity contribution is -0.158. The van der Waals surface area contributed by atoms with Gasteiger partial charge in [0, 0.05) is 7.11 Å². The van der Waals surface area contributed by atoms with E-state index in [4.69, 9.17) is 14.2 Å². The van der Waals surface area contributed by atoms with Crippen LogP contribution in [0, 0.1) is 5.41 Å². The van der Waals surface area contributed by atoms with Gasteiger partial charge < -0.3 is 14.2 Å². The fraction of sp³-hybridized carbons (Fsp3) is 0.500. The van der Waals surface area contributed by atoms with Crippen molar-refractivity contribution in [2.75, 3.05) is 20.3 Å². The second kappa shape index (κ2) is 7.78. The number of hydrogen-bond acceptors (Lipinski definition) is 5. The number of benzene rings is 1. The summed E-state index contributed by atoms with van der Waals surface area (Å²) in [6.45, 7) is 5.32. The molecule has 0 N–H and O–H groups in total. The molecule has 5 nitrogen and oxygen atoms in total. The van der Waals surface area contributed by atoms with Crippen molar-refractivity contribution in [3.05, 3.63) is 29.8 Å². The minimum Gasteiger partial charge on any atom is -0.486 e. The summed E-state index contributed by atoms with van der Waals surface area (Å²) in [5, 5.41) is 0. The van der Waals surface area contributed by atoms with Crippen molar-refractivity contribution < 1.29 is 23.8 Å². The lowest BCUT2D eigenvalue weighted by Crippen LogP contribution is -2.38. The Morgan fingerprint density at radius 2 is 1.95 bits per heavy atom. The Kier molecular flexibility index (Phi) is 6.37. The first-order valence-electron chi connectivity index (χ1n) is 6.83. The van der Waals surface area contributed by atoms with Gasteiger partial charge in [-0.3, -0.25) is 9.59 Å². The quantitative estimate of drug-likeness (QED) is 0.544. The molecule has 0 radical (unpaired) electrons. The highest BCUT2D eigenvalue weighted by atomic mass is 16.5. The van der Waals surface area contributed by atoms with Gasteiger partial charge in [-0.1, -0.05) is 12.1 Å². The summed E-state index contributed by atoms with van der Waals surface area (Å²) in [4.78, 5) is 23.9. The Bertz CT molecular complexity index is 493. The molecule has 0 amide bonds. The third-order valence-corrected chi connectivity index (χ3v) is 3.06. The molecule has 0 aliphatic rings. The van der Waals surface area contributed by atoms with Crippen molar-refractivity contribution in [2.45, 2.75) is 27.4 Å². The normalized spacial score (nSPS) is 11.0. The van der Waals surface area contributed by atoms with E-state index in [9.17, 15) is 9.59 Å². The molecule has 1 aromatic carbocycles. The van der Waals surface area contributed by atoms with E-state index in [1.54, 1.807) is 26.2 Å². The maximum absolute atomic E-state index is 12.1. The van der Waals surface area contributed by atoms with Crippen LogP contribution in [0.4, 0.5) is 0 Å². The molecule has 0 aliphatic heterocycles. The molecular weight excluding hydrogens is 272 g/mol. The largest absolute Gasteiger partial charge is 0.486 e. The summed E-state index contributed by atoms with van der Waals surface area (Å²) in [5.41, 5.74) is -0.257. The number of carbonyl (C=O) groups excluding carboxylic acids is 2. The van der Waals surface area contributed by atoms with E-state index < -0.39 is 11.4 Å². The molecule has 21 heavy (non-hydrogen) atoms. The van der Waals surface area contributed by atoms with Gasteiger partial charge in [0.15, 0.2) is 5.78 Å².